The summed E-state index contributed by atoms with van der Waals surface area (Å²) in [5, 5.41) is 20.8. The first-order valence-electron chi connectivity index (χ1n) is 10.5. The quantitative estimate of drug-likeness (QED) is 0.433. The molecule has 1 fully saturated rings. The summed E-state index contributed by atoms with van der Waals surface area (Å²) >= 11 is 0. The van der Waals surface area contributed by atoms with Gasteiger partial charge in [-0.2, -0.15) is 0 Å². The molecule has 0 spiro atoms. The summed E-state index contributed by atoms with van der Waals surface area (Å²) in [4.78, 5) is 23.1. The highest BCUT2D eigenvalue weighted by atomic mass is 32.2. The summed E-state index contributed by atoms with van der Waals surface area (Å²) in [5.74, 6) is 0.264. The summed E-state index contributed by atoms with van der Waals surface area (Å²) in [6, 6.07) is 7.66. The zero-order chi connectivity index (χ0) is 23.1. The average Bonchev–Trinajstić information content (AvgIpc) is 2.83. The number of aliphatic hydroxyl groups excluding tert-OH is 2. The van der Waals surface area contributed by atoms with Gasteiger partial charge in [-0.3, -0.25) is 4.79 Å². The van der Waals surface area contributed by atoms with Crippen LogP contribution in [0.4, 0.5) is 11.5 Å². The number of nitrogens with one attached hydrogen (secondary N) is 2. The second-order valence-corrected chi connectivity index (χ2v) is 9.60. The summed E-state index contributed by atoms with van der Waals surface area (Å²) in [7, 11) is -1.87. The molecular weight excluding hydrogens is 434 g/mol. The molecule has 1 unspecified atom stereocenters. The van der Waals surface area contributed by atoms with Gasteiger partial charge in [0.1, 0.15) is 17.8 Å². The van der Waals surface area contributed by atoms with Crippen LogP contribution in [0.15, 0.2) is 41.6 Å². The number of sulfonamides is 1. The number of aliphatic hydroxyl groups is 2. The molecule has 174 valence electrons. The molecule has 1 aliphatic carbocycles. The molecule has 1 atom stereocenters. The van der Waals surface area contributed by atoms with Gasteiger partial charge in [-0.1, -0.05) is 19.3 Å². The third-order valence-electron chi connectivity index (χ3n) is 5.51. The largest absolute Gasteiger partial charge is 0.394 e. The maximum atomic E-state index is 12.7. The van der Waals surface area contributed by atoms with Crippen LogP contribution in [0.2, 0.25) is 0 Å². The second kappa shape index (κ2) is 10.8. The summed E-state index contributed by atoms with van der Waals surface area (Å²) in [6.07, 6.45) is 6.02. The van der Waals surface area contributed by atoms with E-state index < -0.39 is 28.6 Å². The van der Waals surface area contributed by atoms with Crippen molar-refractivity contribution in [3.05, 3.63) is 42.4 Å². The Kier molecular flexibility index (Phi) is 8.13. The van der Waals surface area contributed by atoms with E-state index in [1.54, 1.807) is 6.07 Å². The molecule has 0 saturated heterocycles. The van der Waals surface area contributed by atoms with Gasteiger partial charge in [-0.05, 0) is 37.1 Å². The van der Waals surface area contributed by atoms with Crippen molar-refractivity contribution in [3.8, 4) is 0 Å². The molecular formula is C21H29N5O5S. The van der Waals surface area contributed by atoms with Gasteiger partial charge >= 0.3 is 0 Å². The van der Waals surface area contributed by atoms with Gasteiger partial charge in [0.05, 0.1) is 17.6 Å². The molecule has 1 heterocycles. The second-order valence-electron chi connectivity index (χ2n) is 7.83. The Morgan fingerprint density at radius 2 is 1.88 bits per heavy atom. The first kappa shape index (κ1) is 24.1. The van der Waals surface area contributed by atoms with Crippen molar-refractivity contribution in [3.63, 3.8) is 0 Å². The fourth-order valence-electron chi connectivity index (χ4n) is 3.59. The van der Waals surface area contributed by atoms with Crippen molar-refractivity contribution >= 4 is 27.4 Å². The molecule has 3 rings (SSSR count). The summed E-state index contributed by atoms with van der Waals surface area (Å²) in [6.45, 7) is -0.850. The SMILES string of the molecule is CN(c1cc(C(=O)Nc2ccc(S(=O)(=O)NCC(O)CO)cc2)ncn1)C1CCCCC1. The number of carbonyl (C=O) groups is 1. The molecule has 1 aromatic carbocycles. The van der Waals surface area contributed by atoms with Crippen molar-refractivity contribution in [2.45, 2.75) is 49.1 Å². The zero-order valence-corrected chi connectivity index (χ0v) is 18.8. The highest BCUT2D eigenvalue weighted by Gasteiger charge is 2.21. The van der Waals surface area contributed by atoms with Gasteiger partial charge < -0.3 is 20.4 Å². The molecule has 1 aliphatic rings. The number of hydrogen-bond donors (Lipinski definition) is 4. The van der Waals surface area contributed by atoms with Crippen LogP contribution in [-0.4, -0.2) is 66.9 Å². The molecule has 2 aromatic rings. The lowest BCUT2D eigenvalue weighted by atomic mass is 9.94. The van der Waals surface area contributed by atoms with Crippen LogP contribution < -0.4 is 14.9 Å². The smallest absolute Gasteiger partial charge is 0.274 e. The van der Waals surface area contributed by atoms with Crippen LogP contribution in [0, 0.1) is 0 Å². The van der Waals surface area contributed by atoms with Gasteiger partial charge in [0.15, 0.2) is 0 Å². The molecule has 0 radical (unpaired) electrons. The molecule has 32 heavy (non-hydrogen) atoms. The monoisotopic (exact) mass is 463 g/mol. The first-order chi connectivity index (χ1) is 15.3. The van der Waals surface area contributed by atoms with Crippen LogP contribution in [0.3, 0.4) is 0 Å². The van der Waals surface area contributed by atoms with E-state index in [-0.39, 0.29) is 17.1 Å². The number of aromatic nitrogens is 2. The van der Waals surface area contributed by atoms with E-state index in [0.717, 1.165) is 12.8 Å². The van der Waals surface area contributed by atoms with E-state index in [1.807, 2.05) is 7.05 Å². The fourth-order valence-corrected chi connectivity index (χ4v) is 4.66. The van der Waals surface area contributed by atoms with Gasteiger partial charge in [0, 0.05) is 31.4 Å². The van der Waals surface area contributed by atoms with E-state index in [2.05, 4.69) is 24.9 Å². The lowest BCUT2D eigenvalue weighted by molar-refractivity contribution is 0.0988. The Hall–Kier alpha value is -2.60. The Morgan fingerprint density at radius 1 is 1.19 bits per heavy atom. The fraction of sp³-hybridized carbons (Fsp3) is 0.476. The zero-order valence-electron chi connectivity index (χ0n) is 17.9. The van der Waals surface area contributed by atoms with E-state index in [1.165, 1.54) is 49.9 Å². The Labute approximate surface area is 187 Å². The summed E-state index contributed by atoms with van der Waals surface area (Å²) in [5.41, 5.74) is 0.624. The van der Waals surface area contributed by atoms with Gasteiger partial charge in [0.2, 0.25) is 10.0 Å². The molecule has 1 saturated carbocycles. The molecule has 0 bridgehead atoms. The summed E-state index contributed by atoms with van der Waals surface area (Å²) < 4.78 is 26.7. The maximum absolute atomic E-state index is 12.7. The standard InChI is InChI=1S/C21H29N5O5S/c1-26(16-5-3-2-4-6-16)20-11-19(22-14-23-20)21(29)25-15-7-9-18(10-8-15)32(30,31)24-12-17(28)13-27/h7-11,14,16-17,24,27-28H,2-6,12-13H2,1H3,(H,25,29). The number of anilines is 2. The molecule has 1 aromatic heterocycles. The van der Waals surface area contributed by atoms with Crippen LogP contribution in [0.1, 0.15) is 42.6 Å². The maximum Gasteiger partial charge on any atom is 0.274 e. The van der Waals surface area contributed by atoms with Crippen LogP contribution in [0.25, 0.3) is 0 Å². The van der Waals surface area contributed by atoms with Gasteiger partial charge in [-0.25, -0.2) is 23.1 Å². The molecule has 0 aliphatic heterocycles. The lowest BCUT2D eigenvalue weighted by Crippen LogP contribution is -2.34. The number of benzene rings is 1. The van der Waals surface area contributed by atoms with Crippen LogP contribution >= 0.6 is 0 Å². The van der Waals surface area contributed by atoms with Crippen molar-refractivity contribution in [2.75, 3.05) is 30.4 Å². The van der Waals surface area contributed by atoms with E-state index >= 15 is 0 Å². The van der Waals surface area contributed by atoms with Crippen molar-refractivity contribution < 1.29 is 23.4 Å². The minimum absolute atomic E-state index is 0.0286. The highest BCUT2D eigenvalue weighted by Crippen LogP contribution is 2.25. The van der Waals surface area contributed by atoms with E-state index in [0.29, 0.717) is 17.5 Å². The topological polar surface area (TPSA) is 145 Å². The number of amides is 1. The molecule has 10 nitrogen and oxygen atoms in total. The first-order valence-corrected chi connectivity index (χ1v) is 12.0. The van der Waals surface area contributed by atoms with Crippen LogP contribution in [-0.2, 0) is 10.0 Å². The number of rotatable bonds is 9. The minimum Gasteiger partial charge on any atom is -0.394 e. The normalized spacial score (nSPS) is 15.8. The van der Waals surface area contributed by atoms with E-state index in [4.69, 9.17) is 5.11 Å². The van der Waals surface area contributed by atoms with Crippen molar-refractivity contribution in [2.24, 2.45) is 0 Å². The number of nitrogens with zero attached hydrogens (tertiary/aromatic N) is 3. The van der Waals surface area contributed by atoms with Crippen LogP contribution in [0.5, 0.6) is 0 Å². The number of carbonyl (C=O) groups excluding carboxylic acids is 1. The number of hydrogen-bond acceptors (Lipinski definition) is 8. The third kappa shape index (κ3) is 6.22. The molecule has 1 amide bonds. The predicted molar refractivity (Wildman–Crippen MR) is 120 cm³/mol. The third-order valence-corrected chi connectivity index (χ3v) is 6.95. The van der Waals surface area contributed by atoms with E-state index in [9.17, 15) is 18.3 Å². The average molecular weight is 464 g/mol. The minimum atomic E-state index is -3.85. The Bertz CT molecular complexity index is 1010. The molecule has 11 heteroatoms. The molecule has 4 N–H and O–H groups in total. The van der Waals surface area contributed by atoms with Gasteiger partial charge in [0.25, 0.3) is 5.91 Å². The Morgan fingerprint density at radius 3 is 2.53 bits per heavy atom. The van der Waals surface area contributed by atoms with Crippen molar-refractivity contribution in [1.82, 2.24) is 14.7 Å². The predicted octanol–water partition coefficient (Wildman–Crippen LogP) is 1.13. The lowest BCUT2D eigenvalue weighted by Gasteiger charge is -2.32. The Balaban J connectivity index is 1.64. The highest BCUT2D eigenvalue weighted by molar-refractivity contribution is 7.89. The van der Waals surface area contributed by atoms with Crippen molar-refractivity contribution in [1.29, 1.82) is 0 Å². The van der Waals surface area contributed by atoms with Gasteiger partial charge in [-0.15, -0.1) is 0 Å².